The molecule has 27 heavy (non-hydrogen) atoms. The van der Waals surface area contributed by atoms with Gasteiger partial charge >= 0.3 is 6.09 Å². The third kappa shape index (κ3) is 5.19. The molecule has 150 valence electrons. The summed E-state index contributed by atoms with van der Waals surface area (Å²) < 4.78 is 19.9. The van der Waals surface area contributed by atoms with Crippen LogP contribution in [0.15, 0.2) is 18.2 Å². The average molecular weight is 379 g/mol. The third-order valence-electron chi connectivity index (χ3n) is 4.55. The van der Waals surface area contributed by atoms with Crippen LogP contribution in [0.2, 0.25) is 0 Å². The number of nitrogens with one attached hydrogen (secondary N) is 1. The number of amides is 2. The van der Waals surface area contributed by atoms with Crippen LogP contribution in [-0.4, -0.2) is 49.2 Å². The van der Waals surface area contributed by atoms with Gasteiger partial charge in [0.2, 0.25) is 5.91 Å². The highest BCUT2D eigenvalue weighted by Crippen LogP contribution is 2.29. The van der Waals surface area contributed by atoms with E-state index in [-0.39, 0.29) is 17.6 Å². The molecule has 7 heteroatoms. The van der Waals surface area contributed by atoms with Crippen LogP contribution < -0.4 is 10.2 Å². The third-order valence-corrected chi connectivity index (χ3v) is 4.55. The fourth-order valence-electron chi connectivity index (χ4n) is 3.35. The lowest BCUT2D eigenvalue weighted by Gasteiger charge is -2.25. The van der Waals surface area contributed by atoms with Gasteiger partial charge in [0.25, 0.3) is 0 Å². The fourth-order valence-corrected chi connectivity index (χ4v) is 3.35. The Balaban J connectivity index is 2.11. The number of hydrogen-bond donors (Lipinski definition) is 1. The summed E-state index contributed by atoms with van der Waals surface area (Å²) in [5.74, 6) is -0.758. The number of ether oxygens (including phenoxy) is 1. The van der Waals surface area contributed by atoms with Crippen molar-refractivity contribution in [3.63, 3.8) is 0 Å². The van der Waals surface area contributed by atoms with Gasteiger partial charge in [-0.3, -0.25) is 4.79 Å². The quantitative estimate of drug-likeness (QED) is 0.851. The van der Waals surface area contributed by atoms with Gasteiger partial charge in [0.15, 0.2) is 0 Å². The van der Waals surface area contributed by atoms with Crippen LogP contribution in [0.5, 0.6) is 0 Å². The van der Waals surface area contributed by atoms with E-state index >= 15 is 0 Å². The largest absolute Gasteiger partial charge is 0.444 e. The van der Waals surface area contributed by atoms with Crippen molar-refractivity contribution < 1.29 is 18.7 Å². The van der Waals surface area contributed by atoms with E-state index in [1.807, 2.05) is 32.0 Å². The molecule has 2 rings (SSSR count). The first-order valence-electron chi connectivity index (χ1n) is 9.30. The van der Waals surface area contributed by atoms with Crippen LogP contribution in [0.4, 0.5) is 14.9 Å². The van der Waals surface area contributed by atoms with Crippen LogP contribution in [0.1, 0.15) is 52.1 Å². The van der Waals surface area contributed by atoms with E-state index in [1.165, 1.54) is 11.0 Å². The molecule has 0 aromatic heterocycles. The van der Waals surface area contributed by atoms with Crippen molar-refractivity contribution in [1.82, 2.24) is 10.2 Å². The molecule has 0 spiro atoms. The number of carbonyl (C=O) groups excluding carboxylic acids is 2. The number of carbonyl (C=O) groups is 2. The van der Waals surface area contributed by atoms with Gasteiger partial charge in [-0.2, -0.15) is 0 Å². The highest BCUT2D eigenvalue weighted by molar-refractivity contribution is 6.01. The first kappa shape index (κ1) is 21.2. The standard InChI is InChI=1S/C20H30FN3O3/c1-7-16(23(5)6)13-8-9-17(14(21)12-13)24-11-10-15(18(24)25)22-19(26)27-20(2,3)4/h8-9,12,15-16H,7,10-11H2,1-6H3,(H,22,26). The zero-order valence-electron chi connectivity index (χ0n) is 17.0. The second-order valence-electron chi connectivity index (χ2n) is 8.08. The molecule has 1 aliphatic rings. The molecule has 0 aliphatic carbocycles. The number of benzene rings is 1. The fraction of sp³-hybridized carbons (Fsp3) is 0.600. The Bertz CT molecular complexity index is 700. The lowest BCUT2D eigenvalue weighted by Crippen LogP contribution is -2.43. The molecule has 1 fully saturated rings. The predicted molar refractivity (Wildman–Crippen MR) is 103 cm³/mol. The Hall–Kier alpha value is -2.15. The van der Waals surface area contributed by atoms with Gasteiger partial charge in [-0.05, 0) is 65.4 Å². The topological polar surface area (TPSA) is 61.9 Å². The van der Waals surface area contributed by atoms with E-state index < -0.39 is 23.6 Å². The Morgan fingerprint density at radius 2 is 2.07 bits per heavy atom. The zero-order chi connectivity index (χ0) is 20.4. The summed E-state index contributed by atoms with van der Waals surface area (Å²) in [6, 6.07) is 4.40. The molecular formula is C20H30FN3O3. The minimum Gasteiger partial charge on any atom is -0.444 e. The summed E-state index contributed by atoms with van der Waals surface area (Å²) in [5, 5.41) is 2.58. The first-order valence-corrected chi connectivity index (χ1v) is 9.30. The van der Waals surface area contributed by atoms with Crippen LogP contribution in [-0.2, 0) is 9.53 Å². The maximum Gasteiger partial charge on any atom is 0.408 e. The monoisotopic (exact) mass is 379 g/mol. The van der Waals surface area contributed by atoms with Gasteiger partial charge in [-0.25, -0.2) is 9.18 Å². The zero-order valence-corrected chi connectivity index (χ0v) is 17.0. The summed E-state index contributed by atoms with van der Waals surface area (Å²) in [4.78, 5) is 28.0. The number of nitrogens with zero attached hydrogens (tertiary/aromatic N) is 2. The van der Waals surface area contributed by atoms with Crippen molar-refractivity contribution in [2.45, 2.75) is 58.2 Å². The van der Waals surface area contributed by atoms with Gasteiger partial charge in [-0.1, -0.05) is 13.0 Å². The molecule has 1 aromatic rings. The maximum atomic E-state index is 14.7. The molecular weight excluding hydrogens is 349 g/mol. The van der Waals surface area contributed by atoms with Crippen molar-refractivity contribution in [2.75, 3.05) is 25.5 Å². The van der Waals surface area contributed by atoms with Crippen LogP contribution in [0, 0.1) is 5.82 Å². The van der Waals surface area contributed by atoms with Crippen molar-refractivity contribution in [2.24, 2.45) is 0 Å². The van der Waals surface area contributed by atoms with Gasteiger partial charge in [0, 0.05) is 12.6 Å². The molecule has 0 saturated carbocycles. The molecule has 0 radical (unpaired) electrons. The van der Waals surface area contributed by atoms with E-state index in [4.69, 9.17) is 4.74 Å². The van der Waals surface area contributed by atoms with Crippen molar-refractivity contribution >= 4 is 17.7 Å². The van der Waals surface area contributed by atoms with E-state index in [2.05, 4.69) is 5.32 Å². The van der Waals surface area contributed by atoms with Crippen molar-refractivity contribution in [3.05, 3.63) is 29.6 Å². The predicted octanol–water partition coefficient (Wildman–Crippen LogP) is 3.47. The number of alkyl carbamates (subject to hydrolysis) is 1. The van der Waals surface area contributed by atoms with Gasteiger partial charge in [-0.15, -0.1) is 0 Å². The molecule has 0 bridgehead atoms. The molecule has 1 N–H and O–H groups in total. The summed E-state index contributed by atoms with van der Waals surface area (Å²) >= 11 is 0. The van der Waals surface area contributed by atoms with Crippen LogP contribution in [0.25, 0.3) is 0 Å². The van der Waals surface area contributed by atoms with Gasteiger partial charge in [0.05, 0.1) is 5.69 Å². The molecule has 2 atom stereocenters. The number of anilines is 1. The minimum absolute atomic E-state index is 0.115. The SMILES string of the molecule is CCC(c1ccc(N2CCC(NC(=O)OC(C)(C)C)C2=O)c(F)c1)N(C)C. The molecule has 1 aliphatic heterocycles. The lowest BCUT2D eigenvalue weighted by molar-refractivity contribution is -0.118. The smallest absolute Gasteiger partial charge is 0.408 e. The highest BCUT2D eigenvalue weighted by Gasteiger charge is 2.36. The minimum atomic E-state index is -0.705. The first-order chi connectivity index (χ1) is 12.5. The summed E-state index contributed by atoms with van der Waals surface area (Å²) in [7, 11) is 3.91. The summed E-state index contributed by atoms with van der Waals surface area (Å²) in [5.41, 5.74) is 0.472. The van der Waals surface area contributed by atoms with Gasteiger partial charge in [0.1, 0.15) is 17.5 Å². The Labute approximate surface area is 160 Å². The molecule has 2 unspecified atom stereocenters. The summed E-state index contributed by atoms with van der Waals surface area (Å²) in [6.45, 7) is 7.66. The van der Waals surface area contributed by atoms with Crippen LogP contribution in [0.3, 0.4) is 0 Å². The second-order valence-corrected chi connectivity index (χ2v) is 8.08. The van der Waals surface area contributed by atoms with Crippen molar-refractivity contribution in [1.29, 1.82) is 0 Å². The lowest BCUT2D eigenvalue weighted by atomic mass is 10.0. The molecule has 1 aromatic carbocycles. The average Bonchev–Trinajstić information content (AvgIpc) is 2.87. The summed E-state index contributed by atoms with van der Waals surface area (Å²) in [6.07, 6.45) is 0.625. The molecule has 6 nitrogen and oxygen atoms in total. The second kappa shape index (κ2) is 8.25. The number of halogens is 1. The Morgan fingerprint density at radius 3 is 2.59 bits per heavy atom. The van der Waals surface area contributed by atoms with E-state index in [9.17, 15) is 14.0 Å². The highest BCUT2D eigenvalue weighted by atomic mass is 19.1. The van der Waals surface area contributed by atoms with Gasteiger partial charge < -0.3 is 19.9 Å². The van der Waals surface area contributed by atoms with Crippen LogP contribution >= 0.6 is 0 Å². The normalized spacial score (nSPS) is 18.7. The van der Waals surface area contributed by atoms with E-state index in [0.29, 0.717) is 13.0 Å². The molecule has 1 heterocycles. The Kier molecular flexibility index (Phi) is 6.46. The van der Waals surface area contributed by atoms with E-state index in [0.717, 1.165) is 12.0 Å². The van der Waals surface area contributed by atoms with E-state index in [1.54, 1.807) is 26.8 Å². The molecule has 1 saturated heterocycles. The Morgan fingerprint density at radius 1 is 1.41 bits per heavy atom. The number of hydrogen-bond acceptors (Lipinski definition) is 4. The van der Waals surface area contributed by atoms with Crippen molar-refractivity contribution in [3.8, 4) is 0 Å². The maximum absolute atomic E-state index is 14.7. The number of rotatable bonds is 5. The molecule has 2 amide bonds.